The summed E-state index contributed by atoms with van der Waals surface area (Å²) in [7, 11) is 0. The zero-order valence-corrected chi connectivity index (χ0v) is 11.0. The minimum absolute atomic E-state index is 0.0460. The van der Waals surface area contributed by atoms with Crippen molar-refractivity contribution >= 4 is 23.2 Å². The highest BCUT2D eigenvalue weighted by molar-refractivity contribution is 6.33. The van der Waals surface area contributed by atoms with Crippen LogP contribution in [0.4, 0.5) is 13.2 Å². The molecule has 0 aliphatic rings. The Morgan fingerprint density at radius 2 is 2.20 bits per heavy atom. The number of aromatic nitrogens is 3. The van der Waals surface area contributed by atoms with Gasteiger partial charge in [0.05, 0.1) is 17.2 Å². The molecule has 5 nitrogen and oxygen atoms in total. The lowest BCUT2D eigenvalue weighted by Gasteiger charge is -2.06. The molecule has 0 aromatic carbocycles. The number of hydrogen-bond acceptors (Lipinski definition) is 4. The van der Waals surface area contributed by atoms with Gasteiger partial charge >= 0.3 is 12.1 Å². The quantitative estimate of drug-likeness (QED) is 0.818. The molecular weight excluding hydrogens is 299 g/mol. The maximum absolute atomic E-state index is 12.6. The van der Waals surface area contributed by atoms with Crippen LogP contribution in [-0.4, -0.2) is 27.2 Å². The topological polar surface area (TPSA) is 56.5 Å². The highest BCUT2D eigenvalue weighted by Gasteiger charge is 2.32. The van der Waals surface area contributed by atoms with Gasteiger partial charge in [0.15, 0.2) is 11.5 Å². The molecule has 0 saturated heterocycles. The van der Waals surface area contributed by atoms with E-state index in [1.165, 1.54) is 0 Å². The van der Waals surface area contributed by atoms with E-state index in [9.17, 15) is 18.0 Å². The smallest absolute Gasteiger partial charge is 0.417 e. The fourth-order valence-corrected chi connectivity index (χ4v) is 1.81. The Kier molecular flexibility index (Phi) is 3.85. The zero-order chi connectivity index (χ0) is 14.9. The number of carbonyl (C=O) groups excluding carboxylic acids is 1. The van der Waals surface area contributed by atoms with Crippen molar-refractivity contribution in [3.8, 4) is 0 Å². The van der Waals surface area contributed by atoms with Crippen LogP contribution in [0.15, 0.2) is 12.3 Å². The summed E-state index contributed by atoms with van der Waals surface area (Å²) in [4.78, 5) is 15.2. The lowest BCUT2D eigenvalue weighted by atomic mass is 10.3. The second-order valence-electron chi connectivity index (χ2n) is 3.85. The lowest BCUT2D eigenvalue weighted by molar-refractivity contribution is -0.142. The Morgan fingerprint density at radius 1 is 1.50 bits per heavy atom. The van der Waals surface area contributed by atoms with Gasteiger partial charge in [-0.1, -0.05) is 11.6 Å². The SMILES string of the molecule is CCOC(=O)Cc1nc2c(Cl)cc(C(F)(F)F)cn2n1. The summed E-state index contributed by atoms with van der Waals surface area (Å²) in [6, 6.07) is 0.764. The number of hydrogen-bond donors (Lipinski definition) is 0. The third-order valence-corrected chi connectivity index (χ3v) is 2.65. The maximum Gasteiger partial charge on any atom is 0.417 e. The van der Waals surface area contributed by atoms with Crippen molar-refractivity contribution < 1.29 is 22.7 Å². The summed E-state index contributed by atoms with van der Waals surface area (Å²) in [6.45, 7) is 1.84. The van der Waals surface area contributed by atoms with Crippen molar-refractivity contribution in [3.63, 3.8) is 0 Å². The Bertz CT molecular complexity index is 654. The molecule has 0 fully saturated rings. The Balaban J connectivity index is 2.39. The van der Waals surface area contributed by atoms with Crippen molar-refractivity contribution in [1.82, 2.24) is 14.6 Å². The Labute approximate surface area is 116 Å². The van der Waals surface area contributed by atoms with Gasteiger partial charge in [0.1, 0.15) is 6.42 Å². The van der Waals surface area contributed by atoms with Crippen LogP contribution >= 0.6 is 11.6 Å². The van der Waals surface area contributed by atoms with E-state index >= 15 is 0 Å². The van der Waals surface area contributed by atoms with Crippen LogP contribution in [-0.2, 0) is 22.1 Å². The highest BCUT2D eigenvalue weighted by atomic mass is 35.5. The molecule has 0 N–H and O–H groups in total. The molecule has 0 bridgehead atoms. The molecule has 2 aromatic heterocycles. The van der Waals surface area contributed by atoms with Crippen LogP contribution in [0.3, 0.4) is 0 Å². The van der Waals surface area contributed by atoms with Crippen molar-refractivity contribution in [3.05, 3.63) is 28.7 Å². The van der Waals surface area contributed by atoms with E-state index in [0.29, 0.717) is 0 Å². The van der Waals surface area contributed by atoms with E-state index in [-0.39, 0.29) is 29.5 Å². The first-order valence-corrected chi connectivity index (χ1v) is 5.96. The largest absolute Gasteiger partial charge is 0.466 e. The van der Waals surface area contributed by atoms with Crippen molar-refractivity contribution in [2.45, 2.75) is 19.5 Å². The fourth-order valence-electron chi connectivity index (χ4n) is 1.56. The zero-order valence-electron chi connectivity index (χ0n) is 10.2. The summed E-state index contributed by atoms with van der Waals surface area (Å²) < 4.78 is 43.5. The minimum Gasteiger partial charge on any atom is -0.466 e. The molecule has 0 saturated carbocycles. The molecule has 2 heterocycles. The van der Waals surface area contributed by atoms with Crippen LogP contribution < -0.4 is 0 Å². The van der Waals surface area contributed by atoms with Crippen LogP contribution in [0.5, 0.6) is 0 Å². The molecule has 0 amide bonds. The Morgan fingerprint density at radius 3 is 2.80 bits per heavy atom. The molecule has 2 aromatic rings. The average molecular weight is 308 g/mol. The van der Waals surface area contributed by atoms with E-state index in [0.717, 1.165) is 16.8 Å². The van der Waals surface area contributed by atoms with E-state index in [2.05, 4.69) is 10.1 Å². The number of pyridine rings is 1. The third-order valence-electron chi connectivity index (χ3n) is 2.37. The van der Waals surface area contributed by atoms with E-state index in [4.69, 9.17) is 16.3 Å². The summed E-state index contributed by atoms with van der Waals surface area (Å²) >= 11 is 5.74. The molecule has 2 rings (SSSR count). The number of esters is 1. The summed E-state index contributed by atoms with van der Waals surface area (Å²) in [5.74, 6) is -0.514. The first-order chi connectivity index (χ1) is 9.31. The van der Waals surface area contributed by atoms with Gasteiger partial charge in [-0.05, 0) is 13.0 Å². The molecule has 0 spiro atoms. The van der Waals surface area contributed by atoms with Crippen molar-refractivity contribution in [2.24, 2.45) is 0 Å². The predicted molar refractivity (Wildman–Crippen MR) is 63.3 cm³/mol. The van der Waals surface area contributed by atoms with Crippen molar-refractivity contribution in [1.29, 1.82) is 0 Å². The second-order valence-corrected chi connectivity index (χ2v) is 4.26. The summed E-state index contributed by atoms with van der Waals surface area (Å²) in [5, 5.41) is 3.60. The van der Waals surface area contributed by atoms with Crippen LogP contribution in [0, 0.1) is 0 Å². The normalized spacial score (nSPS) is 11.8. The fraction of sp³-hybridized carbons (Fsp3) is 0.364. The lowest BCUT2D eigenvalue weighted by Crippen LogP contribution is -2.09. The van der Waals surface area contributed by atoms with Gasteiger partial charge in [-0.3, -0.25) is 4.79 Å². The van der Waals surface area contributed by atoms with E-state index in [1.54, 1.807) is 6.92 Å². The van der Waals surface area contributed by atoms with E-state index < -0.39 is 17.7 Å². The number of ether oxygens (including phenoxy) is 1. The number of alkyl halides is 3. The number of nitrogens with zero attached hydrogens (tertiary/aromatic N) is 3. The minimum atomic E-state index is -4.54. The molecule has 108 valence electrons. The number of fused-ring (bicyclic) bond motifs is 1. The second kappa shape index (κ2) is 5.28. The van der Waals surface area contributed by atoms with Crippen molar-refractivity contribution in [2.75, 3.05) is 6.61 Å². The monoisotopic (exact) mass is 307 g/mol. The highest BCUT2D eigenvalue weighted by Crippen LogP contribution is 2.31. The summed E-state index contributed by atoms with van der Waals surface area (Å²) in [5.41, 5.74) is -0.887. The molecule has 20 heavy (non-hydrogen) atoms. The average Bonchev–Trinajstić information content (AvgIpc) is 2.71. The maximum atomic E-state index is 12.6. The molecule has 0 unspecified atom stereocenters. The van der Waals surface area contributed by atoms with Crippen LogP contribution in [0.2, 0.25) is 5.02 Å². The first-order valence-electron chi connectivity index (χ1n) is 5.59. The molecule has 0 aliphatic carbocycles. The Hall–Kier alpha value is -1.83. The van der Waals surface area contributed by atoms with Crippen LogP contribution in [0.25, 0.3) is 5.65 Å². The van der Waals surface area contributed by atoms with Gasteiger partial charge < -0.3 is 4.74 Å². The third kappa shape index (κ3) is 3.01. The van der Waals surface area contributed by atoms with Crippen LogP contribution in [0.1, 0.15) is 18.3 Å². The standard InChI is InChI=1S/C11H9ClF3N3O2/c1-2-20-9(19)4-8-16-10-7(12)3-6(11(13,14)15)5-18(10)17-8/h3,5H,2,4H2,1H3. The number of halogens is 4. The number of rotatable bonds is 3. The van der Waals surface area contributed by atoms with Gasteiger partial charge in [0.2, 0.25) is 0 Å². The molecule has 9 heteroatoms. The van der Waals surface area contributed by atoms with Gasteiger partial charge in [-0.2, -0.15) is 18.3 Å². The molecule has 0 aliphatic heterocycles. The predicted octanol–water partition coefficient (Wildman–Crippen LogP) is 2.51. The molecule has 0 radical (unpaired) electrons. The van der Waals surface area contributed by atoms with Gasteiger partial charge in [-0.15, -0.1) is 0 Å². The molecular formula is C11H9ClF3N3O2. The van der Waals surface area contributed by atoms with E-state index in [1.807, 2.05) is 0 Å². The first kappa shape index (κ1) is 14.6. The van der Waals surface area contributed by atoms with Gasteiger partial charge in [-0.25, -0.2) is 9.50 Å². The van der Waals surface area contributed by atoms with Gasteiger partial charge in [0, 0.05) is 6.20 Å². The summed E-state index contributed by atoms with van der Waals surface area (Å²) in [6.07, 6.45) is -4.00. The number of carbonyl (C=O) groups is 1. The van der Waals surface area contributed by atoms with Gasteiger partial charge in [0.25, 0.3) is 0 Å². The molecule has 0 atom stereocenters.